The van der Waals surface area contributed by atoms with E-state index in [-0.39, 0.29) is 25.1 Å². The third kappa shape index (κ3) is 3.89. The highest BCUT2D eigenvalue weighted by atomic mass is 16.5. The fourth-order valence-electron chi connectivity index (χ4n) is 1.70. The van der Waals surface area contributed by atoms with E-state index in [4.69, 9.17) is 9.26 Å². The van der Waals surface area contributed by atoms with Crippen molar-refractivity contribution >= 4 is 5.91 Å². The normalized spacial score (nSPS) is 12.3. The first-order valence-electron chi connectivity index (χ1n) is 6.25. The zero-order chi connectivity index (χ0) is 14.4. The number of hydrogen-bond acceptors (Lipinski definition) is 6. The lowest BCUT2D eigenvalue weighted by molar-refractivity contribution is -0.122. The zero-order valence-electron chi connectivity index (χ0n) is 11.4. The molecule has 0 aliphatic carbocycles. The molecule has 0 saturated carbocycles. The molecule has 1 N–H and O–H groups in total. The van der Waals surface area contributed by atoms with Gasteiger partial charge in [0.1, 0.15) is 6.61 Å². The summed E-state index contributed by atoms with van der Waals surface area (Å²) in [7, 11) is 1.55. The summed E-state index contributed by atoms with van der Waals surface area (Å²) in [5, 5.41) is 10.5. The van der Waals surface area contributed by atoms with Crippen LogP contribution in [0.2, 0.25) is 0 Å². The molecule has 1 amide bonds. The van der Waals surface area contributed by atoms with Crippen LogP contribution in [0.25, 0.3) is 0 Å². The van der Waals surface area contributed by atoms with Crippen molar-refractivity contribution in [3.63, 3.8) is 0 Å². The largest absolute Gasteiger partial charge is 0.377 e. The van der Waals surface area contributed by atoms with E-state index in [1.165, 1.54) is 0 Å². The maximum Gasteiger partial charge on any atom is 0.246 e. The monoisotopic (exact) mass is 279 g/mol. The van der Waals surface area contributed by atoms with Crippen LogP contribution in [-0.2, 0) is 22.7 Å². The molecule has 0 aliphatic rings. The molecule has 0 fully saturated rings. The molecule has 0 bridgehead atoms. The van der Waals surface area contributed by atoms with Gasteiger partial charge in [-0.15, -0.1) is 0 Å². The number of nitrogens with zero attached hydrogens (tertiary/aromatic N) is 4. The van der Waals surface area contributed by atoms with E-state index >= 15 is 0 Å². The van der Waals surface area contributed by atoms with Crippen LogP contribution in [0.3, 0.4) is 0 Å². The van der Waals surface area contributed by atoms with Gasteiger partial charge in [0.25, 0.3) is 0 Å². The van der Waals surface area contributed by atoms with E-state index < -0.39 is 0 Å². The van der Waals surface area contributed by atoms with E-state index in [1.807, 2.05) is 19.2 Å². The molecule has 20 heavy (non-hydrogen) atoms. The van der Waals surface area contributed by atoms with Crippen molar-refractivity contribution < 1.29 is 14.1 Å². The molecule has 108 valence electrons. The van der Waals surface area contributed by atoms with Crippen LogP contribution in [0.4, 0.5) is 0 Å². The predicted molar refractivity (Wildman–Crippen MR) is 68.4 cm³/mol. The van der Waals surface area contributed by atoms with Gasteiger partial charge in [-0.25, -0.2) is 0 Å². The number of ether oxygens (including phenoxy) is 1. The summed E-state index contributed by atoms with van der Waals surface area (Å²) in [6.07, 6.45) is 3.85. The minimum Gasteiger partial charge on any atom is -0.377 e. The maximum absolute atomic E-state index is 11.8. The van der Waals surface area contributed by atoms with Crippen LogP contribution in [0, 0.1) is 0 Å². The molecule has 0 radical (unpaired) electrons. The first-order valence-corrected chi connectivity index (χ1v) is 6.25. The fraction of sp³-hybridized carbons (Fsp3) is 0.500. The molecular weight excluding hydrogens is 262 g/mol. The first kappa shape index (κ1) is 14.2. The van der Waals surface area contributed by atoms with Crippen LogP contribution in [0.1, 0.15) is 31.1 Å². The van der Waals surface area contributed by atoms with Crippen LogP contribution < -0.4 is 5.32 Å². The van der Waals surface area contributed by atoms with Crippen molar-refractivity contribution in [1.29, 1.82) is 0 Å². The van der Waals surface area contributed by atoms with E-state index in [0.29, 0.717) is 18.1 Å². The van der Waals surface area contributed by atoms with Gasteiger partial charge in [-0.3, -0.25) is 9.48 Å². The molecular formula is C12H17N5O3. The molecule has 0 spiro atoms. The molecule has 1 atom stereocenters. The Bertz CT molecular complexity index is 537. The Balaban J connectivity index is 1.77. The molecule has 0 unspecified atom stereocenters. The molecule has 2 aromatic heterocycles. The average Bonchev–Trinajstić information content (AvgIpc) is 3.08. The van der Waals surface area contributed by atoms with E-state index in [1.54, 1.807) is 18.0 Å². The number of aromatic nitrogens is 4. The number of hydrogen-bond donors (Lipinski definition) is 1. The SMILES string of the molecule is COCc1noc(CNC(=O)C[C@@H](C)n2cccn2)n1. The summed E-state index contributed by atoms with van der Waals surface area (Å²) < 4.78 is 11.6. The Hall–Kier alpha value is -2.22. The lowest BCUT2D eigenvalue weighted by Crippen LogP contribution is -2.25. The van der Waals surface area contributed by atoms with E-state index in [0.717, 1.165) is 0 Å². The number of nitrogens with one attached hydrogen (secondary N) is 1. The second kappa shape index (κ2) is 6.80. The Kier molecular flexibility index (Phi) is 4.83. The zero-order valence-corrected chi connectivity index (χ0v) is 11.4. The van der Waals surface area contributed by atoms with Gasteiger partial charge in [0, 0.05) is 25.9 Å². The first-order chi connectivity index (χ1) is 9.69. The summed E-state index contributed by atoms with van der Waals surface area (Å²) in [6, 6.07) is 1.82. The summed E-state index contributed by atoms with van der Waals surface area (Å²) in [6.45, 7) is 2.42. The third-order valence-corrected chi connectivity index (χ3v) is 2.68. The van der Waals surface area contributed by atoms with Gasteiger partial charge in [-0.2, -0.15) is 10.1 Å². The Morgan fingerprint density at radius 1 is 1.60 bits per heavy atom. The summed E-state index contributed by atoms with van der Waals surface area (Å²) in [4.78, 5) is 15.9. The van der Waals surface area contributed by atoms with Crippen molar-refractivity contribution in [2.24, 2.45) is 0 Å². The van der Waals surface area contributed by atoms with Crippen LogP contribution in [0.15, 0.2) is 23.0 Å². The van der Waals surface area contributed by atoms with Gasteiger partial charge in [-0.1, -0.05) is 5.16 Å². The van der Waals surface area contributed by atoms with Crippen LogP contribution in [-0.4, -0.2) is 32.9 Å². The predicted octanol–water partition coefficient (Wildman–Crippen LogP) is 0.680. The quantitative estimate of drug-likeness (QED) is 0.800. The Morgan fingerprint density at radius 2 is 2.45 bits per heavy atom. The number of rotatable bonds is 7. The van der Waals surface area contributed by atoms with Crippen LogP contribution in [0.5, 0.6) is 0 Å². The molecule has 0 aromatic carbocycles. The van der Waals surface area contributed by atoms with Crippen molar-refractivity contribution in [3.05, 3.63) is 30.2 Å². The molecule has 8 heteroatoms. The number of amides is 1. The van der Waals surface area contributed by atoms with Gasteiger partial charge < -0.3 is 14.6 Å². The van der Waals surface area contributed by atoms with Gasteiger partial charge in [0.2, 0.25) is 11.8 Å². The van der Waals surface area contributed by atoms with Gasteiger partial charge in [0.05, 0.1) is 12.6 Å². The Morgan fingerprint density at radius 3 is 3.15 bits per heavy atom. The minimum atomic E-state index is -0.0977. The average molecular weight is 279 g/mol. The topological polar surface area (TPSA) is 95.1 Å². The van der Waals surface area contributed by atoms with Crippen molar-refractivity contribution in [2.45, 2.75) is 32.5 Å². The summed E-state index contributed by atoms with van der Waals surface area (Å²) in [5.74, 6) is 0.721. The lowest BCUT2D eigenvalue weighted by Gasteiger charge is -2.11. The summed E-state index contributed by atoms with van der Waals surface area (Å²) >= 11 is 0. The van der Waals surface area contributed by atoms with Crippen LogP contribution >= 0.6 is 0 Å². The highest BCUT2D eigenvalue weighted by molar-refractivity contribution is 5.76. The standard InChI is InChI=1S/C12H17N5O3/c1-9(17-5-3-4-14-17)6-11(18)13-7-12-15-10(8-19-2)16-20-12/h3-5,9H,6-8H2,1-2H3,(H,13,18)/t9-/m1/s1. The number of carbonyl (C=O) groups is 1. The van der Waals surface area contributed by atoms with Crippen molar-refractivity contribution in [3.8, 4) is 0 Å². The fourth-order valence-corrected chi connectivity index (χ4v) is 1.70. The summed E-state index contributed by atoms with van der Waals surface area (Å²) in [5.41, 5.74) is 0. The van der Waals surface area contributed by atoms with Crippen molar-refractivity contribution in [1.82, 2.24) is 25.2 Å². The van der Waals surface area contributed by atoms with Gasteiger partial charge in [-0.05, 0) is 13.0 Å². The molecule has 2 heterocycles. The smallest absolute Gasteiger partial charge is 0.246 e. The Labute approximate surface area is 116 Å². The second-order valence-corrected chi connectivity index (χ2v) is 4.35. The molecule has 0 aliphatic heterocycles. The van der Waals surface area contributed by atoms with Gasteiger partial charge in [0.15, 0.2) is 5.82 Å². The third-order valence-electron chi connectivity index (χ3n) is 2.68. The maximum atomic E-state index is 11.8. The van der Waals surface area contributed by atoms with E-state index in [9.17, 15) is 4.79 Å². The lowest BCUT2D eigenvalue weighted by atomic mass is 10.2. The van der Waals surface area contributed by atoms with E-state index in [2.05, 4.69) is 20.6 Å². The van der Waals surface area contributed by atoms with Crippen molar-refractivity contribution in [2.75, 3.05) is 7.11 Å². The molecule has 8 nitrogen and oxygen atoms in total. The molecule has 2 rings (SSSR count). The number of methoxy groups -OCH3 is 1. The number of carbonyl (C=O) groups excluding carboxylic acids is 1. The minimum absolute atomic E-state index is 0.00302. The van der Waals surface area contributed by atoms with Gasteiger partial charge >= 0.3 is 0 Å². The highest BCUT2D eigenvalue weighted by Crippen LogP contribution is 2.08. The highest BCUT2D eigenvalue weighted by Gasteiger charge is 2.12. The molecule has 0 saturated heterocycles. The second-order valence-electron chi connectivity index (χ2n) is 4.35. The molecule has 2 aromatic rings.